The number of benzene rings is 1. The summed E-state index contributed by atoms with van der Waals surface area (Å²) in [6.07, 6.45) is 25.5. The van der Waals surface area contributed by atoms with E-state index in [1.165, 1.54) is 127 Å². The van der Waals surface area contributed by atoms with Gasteiger partial charge in [-0.25, -0.2) is 0 Å². The number of hydrogen-bond donors (Lipinski definition) is 1. The molecule has 2 heteroatoms. The Morgan fingerprint density at radius 2 is 1.21 bits per heavy atom. The zero-order valence-corrected chi connectivity index (χ0v) is 22.4. The molecule has 0 unspecified atom stereocenters. The van der Waals surface area contributed by atoms with Crippen LogP contribution in [0.3, 0.4) is 0 Å². The second-order valence-electron chi connectivity index (χ2n) is 10.5. The smallest absolute Gasteiger partial charge is 0.121 e. The average Bonchev–Trinajstić information content (AvgIpc) is 2.83. The summed E-state index contributed by atoms with van der Waals surface area (Å²) in [4.78, 5) is 0. The van der Waals surface area contributed by atoms with Gasteiger partial charge < -0.3 is 9.84 Å². The zero-order chi connectivity index (χ0) is 23.7. The summed E-state index contributed by atoms with van der Waals surface area (Å²) in [7, 11) is 0. The summed E-state index contributed by atoms with van der Waals surface area (Å²) in [6, 6.07) is 2.12. The molecule has 0 radical (unpaired) electrons. The fraction of sp³-hybridized carbons (Fsp3) is 0.806. The minimum Gasteiger partial charge on any atom is -0.508 e. The van der Waals surface area contributed by atoms with E-state index in [1.54, 1.807) is 5.56 Å². The second-order valence-corrected chi connectivity index (χ2v) is 10.5. The third-order valence-corrected chi connectivity index (χ3v) is 7.61. The molecule has 0 aliphatic heterocycles. The first-order valence-electron chi connectivity index (χ1n) is 14.7. The Kier molecular flexibility index (Phi) is 14.9. The minimum atomic E-state index is 0.382. The van der Waals surface area contributed by atoms with Crippen LogP contribution in [0.4, 0.5) is 0 Å². The number of aryl methyl sites for hydroxylation is 1. The van der Waals surface area contributed by atoms with Crippen LogP contribution in [0, 0.1) is 0 Å². The maximum absolute atomic E-state index is 11.2. The molecule has 0 aromatic heterocycles. The Morgan fingerprint density at radius 1 is 0.667 bits per heavy atom. The molecule has 0 spiro atoms. The van der Waals surface area contributed by atoms with Crippen LogP contribution < -0.4 is 0 Å². The van der Waals surface area contributed by atoms with Gasteiger partial charge in [0.25, 0.3) is 0 Å². The van der Waals surface area contributed by atoms with Crippen molar-refractivity contribution in [3.63, 3.8) is 0 Å². The standard InChI is InChI=1S/C31H54O2/c1-4-7-10-14-19-26-24-31(32)30(25-33-27-20-15-13-16-21-27)29(23-18-12-9-6-3)28(26)22-17-11-8-5-2/h24,27,32H,4-23,25H2,1-3H3. The van der Waals surface area contributed by atoms with Crippen molar-refractivity contribution in [2.75, 3.05) is 0 Å². The quantitative estimate of drug-likeness (QED) is 0.222. The highest BCUT2D eigenvalue weighted by molar-refractivity contribution is 5.49. The van der Waals surface area contributed by atoms with Crippen LogP contribution in [-0.2, 0) is 30.6 Å². The highest BCUT2D eigenvalue weighted by Crippen LogP contribution is 2.34. The molecule has 2 nitrogen and oxygen atoms in total. The number of phenolic OH excluding ortho intramolecular Hbond substituents is 1. The number of hydrogen-bond acceptors (Lipinski definition) is 2. The molecule has 0 bridgehead atoms. The lowest BCUT2D eigenvalue weighted by Crippen LogP contribution is -2.17. The first-order chi connectivity index (χ1) is 16.2. The van der Waals surface area contributed by atoms with Crippen molar-refractivity contribution in [3.05, 3.63) is 28.3 Å². The molecule has 190 valence electrons. The molecule has 0 amide bonds. The lowest BCUT2D eigenvalue weighted by atomic mass is 9.86. The van der Waals surface area contributed by atoms with Crippen LogP contribution in [0.2, 0.25) is 0 Å². The molecule has 0 heterocycles. The van der Waals surface area contributed by atoms with E-state index in [0.29, 0.717) is 18.5 Å². The molecule has 1 aromatic carbocycles. The van der Waals surface area contributed by atoms with Gasteiger partial charge in [0.1, 0.15) is 5.75 Å². The molecule has 0 atom stereocenters. The average molecular weight is 459 g/mol. The molecule has 1 N–H and O–H groups in total. The van der Waals surface area contributed by atoms with Crippen molar-refractivity contribution in [2.24, 2.45) is 0 Å². The number of aromatic hydroxyl groups is 1. The minimum absolute atomic E-state index is 0.382. The molecule has 33 heavy (non-hydrogen) atoms. The van der Waals surface area contributed by atoms with E-state index in [4.69, 9.17) is 4.74 Å². The maximum Gasteiger partial charge on any atom is 0.121 e. The van der Waals surface area contributed by atoms with Crippen LogP contribution in [0.5, 0.6) is 5.75 Å². The van der Waals surface area contributed by atoms with E-state index in [1.807, 2.05) is 0 Å². The first kappa shape index (κ1) is 28.2. The highest BCUT2D eigenvalue weighted by atomic mass is 16.5. The van der Waals surface area contributed by atoms with Gasteiger partial charge in [0.05, 0.1) is 12.7 Å². The number of unbranched alkanes of at least 4 members (excludes halogenated alkanes) is 9. The van der Waals surface area contributed by atoms with Crippen molar-refractivity contribution in [1.29, 1.82) is 0 Å². The molecule has 1 aliphatic carbocycles. The lowest BCUT2D eigenvalue weighted by molar-refractivity contribution is 0.0157. The molecule has 1 aromatic rings. The van der Waals surface area contributed by atoms with Gasteiger partial charge in [0.2, 0.25) is 0 Å². The van der Waals surface area contributed by atoms with Crippen molar-refractivity contribution in [1.82, 2.24) is 0 Å². The Labute approximate surface area is 205 Å². The van der Waals surface area contributed by atoms with Crippen LogP contribution in [0.25, 0.3) is 0 Å². The van der Waals surface area contributed by atoms with Gasteiger partial charge in [-0.3, -0.25) is 0 Å². The summed E-state index contributed by atoms with van der Waals surface area (Å²) < 4.78 is 6.41. The largest absolute Gasteiger partial charge is 0.508 e. The number of rotatable bonds is 18. The second kappa shape index (κ2) is 17.4. The zero-order valence-electron chi connectivity index (χ0n) is 22.4. The predicted molar refractivity (Wildman–Crippen MR) is 143 cm³/mol. The monoisotopic (exact) mass is 458 g/mol. The molecule has 0 saturated heterocycles. The molecule has 1 fully saturated rings. The maximum atomic E-state index is 11.2. The molecular weight excluding hydrogens is 404 g/mol. The summed E-state index contributed by atoms with van der Waals surface area (Å²) >= 11 is 0. The van der Waals surface area contributed by atoms with Crippen LogP contribution in [0.1, 0.15) is 152 Å². The Bertz CT molecular complexity index is 630. The third-order valence-electron chi connectivity index (χ3n) is 7.61. The van der Waals surface area contributed by atoms with Crippen molar-refractivity contribution in [3.8, 4) is 5.75 Å². The van der Waals surface area contributed by atoms with Gasteiger partial charge in [0.15, 0.2) is 0 Å². The van der Waals surface area contributed by atoms with Crippen LogP contribution in [-0.4, -0.2) is 11.2 Å². The van der Waals surface area contributed by atoms with Gasteiger partial charge in [-0.2, -0.15) is 0 Å². The SMILES string of the molecule is CCCCCCc1cc(O)c(COC2CCCCC2)c(CCCCCC)c1CCCCCC. The number of ether oxygens (including phenoxy) is 1. The van der Waals surface area contributed by atoms with Crippen LogP contribution in [0.15, 0.2) is 6.07 Å². The van der Waals surface area contributed by atoms with Crippen LogP contribution >= 0.6 is 0 Å². The fourth-order valence-electron chi connectivity index (χ4n) is 5.50. The van der Waals surface area contributed by atoms with E-state index < -0.39 is 0 Å². The third kappa shape index (κ3) is 10.4. The van der Waals surface area contributed by atoms with E-state index in [-0.39, 0.29) is 0 Å². The summed E-state index contributed by atoms with van der Waals surface area (Å²) in [6.45, 7) is 7.45. The van der Waals surface area contributed by atoms with E-state index in [0.717, 1.165) is 18.4 Å². The van der Waals surface area contributed by atoms with E-state index in [9.17, 15) is 5.11 Å². The van der Waals surface area contributed by atoms with Gasteiger partial charge in [-0.05, 0) is 74.1 Å². The van der Waals surface area contributed by atoms with Gasteiger partial charge >= 0.3 is 0 Å². The molecule has 1 saturated carbocycles. The van der Waals surface area contributed by atoms with Crippen molar-refractivity contribution < 1.29 is 9.84 Å². The highest BCUT2D eigenvalue weighted by Gasteiger charge is 2.20. The van der Waals surface area contributed by atoms with Gasteiger partial charge in [0, 0.05) is 5.56 Å². The summed E-state index contributed by atoms with van der Waals surface area (Å²) in [5.41, 5.74) is 5.55. The summed E-state index contributed by atoms with van der Waals surface area (Å²) in [5.74, 6) is 0.499. The van der Waals surface area contributed by atoms with Crippen molar-refractivity contribution >= 4 is 0 Å². The molecule has 1 aliphatic rings. The number of phenols is 1. The van der Waals surface area contributed by atoms with Gasteiger partial charge in [-0.1, -0.05) is 97.8 Å². The Morgan fingerprint density at radius 3 is 1.79 bits per heavy atom. The summed E-state index contributed by atoms with van der Waals surface area (Å²) in [5, 5.41) is 11.2. The van der Waals surface area contributed by atoms with Gasteiger partial charge in [-0.15, -0.1) is 0 Å². The molecule has 2 rings (SSSR count). The normalized spacial score (nSPS) is 14.8. The van der Waals surface area contributed by atoms with E-state index >= 15 is 0 Å². The Hall–Kier alpha value is -1.02. The fourth-order valence-corrected chi connectivity index (χ4v) is 5.50. The predicted octanol–water partition coefficient (Wildman–Crippen LogP) is 9.61. The van der Waals surface area contributed by atoms with Crippen molar-refractivity contribution in [2.45, 2.75) is 162 Å². The first-order valence-corrected chi connectivity index (χ1v) is 14.7. The lowest BCUT2D eigenvalue weighted by Gasteiger charge is -2.25. The van der Waals surface area contributed by atoms with E-state index in [2.05, 4.69) is 26.8 Å². The topological polar surface area (TPSA) is 29.5 Å². The molecular formula is C31H54O2. The Balaban J connectivity index is 2.26.